The van der Waals surface area contributed by atoms with E-state index in [-0.39, 0.29) is 27.6 Å². The van der Waals surface area contributed by atoms with E-state index in [4.69, 9.17) is 9.05 Å². The highest BCUT2D eigenvalue weighted by Gasteiger charge is 2.40. The molecule has 36 heavy (non-hydrogen) atoms. The third-order valence-corrected chi connectivity index (χ3v) is 8.01. The number of rotatable bonds is 0. The van der Waals surface area contributed by atoms with Crippen molar-refractivity contribution in [2.45, 2.75) is 131 Å². The molecule has 3 nitrogen and oxygen atoms in total. The topological polar surface area (TPSA) is 38.7 Å². The number of aryl methyl sites for hydroxylation is 2. The Labute approximate surface area is 222 Å². The summed E-state index contributed by atoms with van der Waals surface area (Å²) < 4.78 is 12.7. The average molecular weight is 513 g/mol. The molecular formula is C32H49O3P. The fraction of sp³-hybridized carbons (Fsp3) is 0.625. The minimum atomic E-state index is -2.17. The summed E-state index contributed by atoms with van der Waals surface area (Å²) in [5, 5.41) is 0. The molecule has 0 aromatic heterocycles. The van der Waals surface area contributed by atoms with Gasteiger partial charge in [-0.05, 0) is 68.9 Å². The first-order chi connectivity index (χ1) is 16.1. The first-order valence-corrected chi connectivity index (χ1v) is 14.4. The molecule has 0 radical (unpaired) electrons. The maximum atomic E-state index is 11.2. The normalized spacial score (nSPS) is 19.0. The van der Waals surface area contributed by atoms with E-state index in [9.17, 15) is 4.89 Å². The molecule has 0 unspecified atom stereocenters. The third-order valence-electron chi connectivity index (χ3n) is 7.33. The summed E-state index contributed by atoms with van der Waals surface area (Å²) in [6, 6.07) is 4.56. The Morgan fingerprint density at radius 2 is 0.917 bits per heavy atom. The molecule has 200 valence electrons. The Morgan fingerprint density at radius 1 is 0.611 bits per heavy atom. The van der Waals surface area contributed by atoms with Gasteiger partial charge in [0.15, 0.2) is 0 Å². The highest BCUT2D eigenvalue weighted by atomic mass is 31.2. The molecule has 0 saturated heterocycles. The molecule has 1 N–H and O–H groups in total. The lowest BCUT2D eigenvalue weighted by atomic mass is 9.66. The van der Waals surface area contributed by atoms with Crippen LogP contribution in [-0.2, 0) is 21.7 Å². The quantitative estimate of drug-likeness (QED) is 0.357. The van der Waals surface area contributed by atoms with E-state index < -0.39 is 8.60 Å². The highest BCUT2D eigenvalue weighted by molar-refractivity contribution is 7.41. The standard InChI is InChI=1S/C32H49O3P/c1-18-16-21(29(4,5)6)23-20(3)24-22(30(7,8)9)17-19(2)28(26(24)32(13,14)15)35-36(33)34-27(18)25(23)31(10,11)12/h16-17,20,33H,1-15H3. The van der Waals surface area contributed by atoms with Crippen molar-refractivity contribution < 1.29 is 13.9 Å². The van der Waals surface area contributed by atoms with E-state index in [0.717, 1.165) is 22.6 Å². The number of hydrogen-bond donors (Lipinski definition) is 1. The highest BCUT2D eigenvalue weighted by Crippen LogP contribution is 2.55. The van der Waals surface area contributed by atoms with Gasteiger partial charge in [0.25, 0.3) is 0 Å². The molecule has 0 atom stereocenters. The van der Waals surface area contributed by atoms with Gasteiger partial charge in [0.05, 0.1) is 0 Å². The van der Waals surface area contributed by atoms with Gasteiger partial charge < -0.3 is 13.9 Å². The first-order valence-electron chi connectivity index (χ1n) is 13.3. The zero-order valence-corrected chi connectivity index (χ0v) is 26.3. The van der Waals surface area contributed by atoms with Crippen molar-refractivity contribution in [3.05, 3.63) is 56.6 Å². The van der Waals surface area contributed by atoms with Crippen LogP contribution in [0.3, 0.4) is 0 Å². The summed E-state index contributed by atoms with van der Waals surface area (Å²) in [5.41, 5.74) is 9.25. The van der Waals surface area contributed by atoms with Gasteiger partial charge in [-0.3, -0.25) is 0 Å². The molecule has 1 aliphatic heterocycles. The summed E-state index contributed by atoms with van der Waals surface area (Å²) >= 11 is 0. The van der Waals surface area contributed by atoms with Crippen LogP contribution in [-0.4, -0.2) is 4.89 Å². The van der Waals surface area contributed by atoms with Crippen LogP contribution in [0.1, 0.15) is 140 Å². The van der Waals surface area contributed by atoms with Gasteiger partial charge in [0.1, 0.15) is 11.5 Å². The Kier molecular flexibility index (Phi) is 7.26. The van der Waals surface area contributed by atoms with Crippen LogP contribution in [0.5, 0.6) is 11.5 Å². The number of hydrogen-bond acceptors (Lipinski definition) is 3. The van der Waals surface area contributed by atoms with Gasteiger partial charge >= 0.3 is 8.60 Å². The molecule has 0 saturated carbocycles. The molecule has 0 fully saturated rings. The van der Waals surface area contributed by atoms with Crippen LogP contribution < -0.4 is 9.05 Å². The second kappa shape index (κ2) is 9.02. The van der Waals surface area contributed by atoms with Crippen LogP contribution in [0.15, 0.2) is 12.1 Å². The predicted molar refractivity (Wildman–Crippen MR) is 155 cm³/mol. The van der Waals surface area contributed by atoms with E-state index in [1.807, 2.05) is 0 Å². The molecule has 3 rings (SSSR count). The maximum absolute atomic E-state index is 11.2. The summed E-state index contributed by atoms with van der Waals surface area (Å²) in [5.74, 6) is 1.64. The van der Waals surface area contributed by atoms with Crippen LogP contribution >= 0.6 is 8.60 Å². The lowest BCUT2D eigenvalue weighted by Gasteiger charge is -2.40. The Balaban J connectivity index is 2.70. The van der Waals surface area contributed by atoms with Crippen molar-refractivity contribution in [1.82, 2.24) is 0 Å². The minimum Gasteiger partial charge on any atom is -0.417 e. The predicted octanol–water partition coefficient (Wildman–Crippen LogP) is 9.64. The van der Waals surface area contributed by atoms with Gasteiger partial charge in [-0.1, -0.05) is 102 Å². The number of benzene rings is 2. The van der Waals surface area contributed by atoms with Crippen molar-refractivity contribution in [2.75, 3.05) is 0 Å². The van der Waals surface area contributed by atoms with Crippen molar-refractivity contribution in [3.8, 4) is 11.5 Å². The third kappa shape index (κ3) is 5.21. The first kappa shape index (κ1) is 29.0. The summed E-state index contributed by atoms with van der Waals surface area (Å²) in [4.78, 5) is 11.2. The zero-order chi connectivity index (χ0) is 27.8. The molecule has 4 bridgehead atoms. The van der Waals surface area contributed by atoms with E-state index in [0.29, 0.717) is 0 Å². The summed E-state index contributed by atoms with van der Waals surface area (Å²) in [6.45, 7) is 33.8. The zero-order valence-electron chi connectivity index (χ0n) is 25.4. The fourth-order valence-corrected chi connectivity index (χ4v) is 6.63. The van der Waals surface area contributed by atoms with Crippen LogP contribution in [0.2, 0.25) is 0 Å². The largest absolute Gasteiger partial charge is 0.460 e. The second-order valence-corrected chi connectivity index (χ2v) is 15.7. The van der Waals surface area contributed by atoms with Crippen molar-refractivity contribution in [1.29, 1.82) is 0 Å². The molecule has 2 aromatic rings. The Morgan fingerprint density at radius 3 is 1.17 bits per heavy atom. The van der Waals surface area contributed by atoms with E-state index in [1.165, 1.54) is 33.4 Å². The van der Waals surface area contributed by atoms with Gasteiger partial charge in [-0.15, -0.1) is 0 Å². The van der Waals surface area contributed by atoms with E-state index >= 15 is 0 Å². The van der Waals surface area contributed by atoms with Gasteiger partial charge in [-0.25, -0.2) is 0 Å². The Bertz CT molecular complexity index is 1070. The minimum absolute atomic E-state index is 0.0607. The van der Waals surface area contributed by atoms with Crippen molar-refractivity contribution in [3.63, 3.8) is 0 Å². The number of fused-ring (bicyclic) bond motifs is 4. The van der Waals surface area contributed by atoms with Crippen LogP contribution in [0, 0.1) is 13.8 Å². The molecule has 0 aliphatic carbocycles. The van der Waals surface area contributed by atoms with Crippen molar-refractivity contribution in [2.24, 2.45) is 0 Å². The molecular weight excluding hydrogens is 463 g/mol. The Hall–Kier alpha value is -1.57. The van der Waals surface area contributed by atoms with Gasteiger partial charge in [0, 0.05) is 17.0 Å². The molecule has 0 amide bonds. The van der Waals surface area contributed by atoms with Gasteiger partial charge in [0.2, 0.25) is 0 Å². The fourth-order valence-electron chi connectivity index (χ4n) is 5.81. The molecule has 1 heterocycles. The SMILES string of the molecule is Cc1cc(C(C)(C)C)c2c(C(C)(C)C)c1OP(O)Oc1c(C)cc(C(C)(C)C)c(c1C(C)(C)C)C2C. The van der Waals surface area contributed by atoms with Gasteiger partial charge in [-0.2, -0.15) is 0 Å². The van der Waals surface area contributed by atoms with Crippen molar-refractivity contribution >= 4 is 8.60 Å². The molecule has 4 heteroatoms. The van der Waals surface area contributed by atoms with E-state index in [2.05, 4.69) is 116 Å². The summed E-state index contributed by atoms with van der Waals surface area (Å²) in [7, 11) is -2.17. The summed E-state index contributed by atoms with van der Waals surface area (Å²) in [6.07, 6.45) is 0. The lowest BCUT2D eigenvalue weighted by Crippen LogP contribution is -2.29. The smallest absolute Gasteiger partial charge is 0.417 e. The monoisotopic (exact) mass is 512 g/mol. The molecule has 1 aliphatic rings. The lowest BCUT2D eigenvalue weighted by molar-refractivity contribution is 0.365. The second-order valence-electron chi connectivity index (χ2n) is 14.9. The van der Waals surface area contributed by atoms with Crippen LogP contribution in [0.4, 0.5) is 0 Å². The molecule has 0 spiro atoms. The average Bonchev–Trinajstić information content (AvgIpc) is 2.65. The maximum Gasteiger partial charge on any atom is 0.460 e. The molecule has 2 aromatic carbocycles. The van der Waals surface area contributed by atoms with E-state index in [1.54, 1.807) is 0 Å². The van der Waals surface area contributed by atoms with Crippen LogP contribution in [0.25, 0.3) is 0 Å².